The lowest BCUT2D eigenvalue weighted by Crippen LogP contribution is -1.93. The molecule has 0 fully saturated rings. The molecule has 0 unspecified atom stereocenters. The standard InChI is InChI=1S/C8H6N2O3/c1-13-7-2-3-8(10(11)12)6(4-7)5-9/h2-4H,1H3. The van der Waals surface area contributed by atoms with Gasteiger partial charge in [-0.15, -0.1) is 0 Å². The summed E-state index contributed by atoms with van der Waals surface area (Å²) in [5.41, 5.74) is -0.201. The molecule has 0 aliphatic heterocycles. The molecule has 5 heteroatoms. The fraction of sp³-hybridized carbons (Fsp3) is 0.125. The van der Waals surface area contributed by atoms with E-state index in [1.807, 2.05) is 0 Å². The molecule has 13 heavy (non-hydrogen) atoms. The van der Waals surface area contributed by atoms with Crippen LogP contribution in [0.3, 0.4) is 0 Å². The molecule has 0 aliphatic rings. The molecule has 0 saturated heterocycles. The summed E-state index contributed by atoms with van der Waals surface area (Å²) in [5.74, 6) is 0.433. The number of hydrogen-bond donors (Lipinski definition) is 0. The SMILES string of the molecule is COc1ccc([N+](=O)[O-])c(C#N)c1. The van der Waals surface area contributed by atoms with Crippen molar-refractivity contribution in [3.8, 4) is 11.8 Å². The quantitative estimate of drug-likeness (QED) is 0.507. The molecule has 0 bridgehead atoms. The zero-order valence-electron chi connectivity index (χ0n) is 6.85. The third-order valence-corrected chi connectivity index (χ3v) is 1.52. The minimum atomic E-state index is -0.599. The molecule has 1 rings (SSSR count). The molecule has 1 aromatic carbocycles. The van der Waals surface area contributed by atoms with Crippen LogP contribution in [0.1, 0.15) is 5.56 Å². The van der Waals surface area contributed by atoms with Crippen molar-refractivity contribution in [1.82, 2.24) is 0 Å². The molecule has 0 atom stereocenters. The summed E-state index contributed by atoms with van der Waals surface area (Å²) in [4.78, 5) is 9.79. The van der Waals surface area contributed by atoms with Gasteiger partial charge in [-0.1, -0.05) is 0 Å². The Bertz CT molecular complexity index is 381. The van der Waals surface area contributed by atoms with Gasteiger partial charge in [0.05, 0.1) is 12.0 Å². The van der Waals surface area contributed by atoms with Gasteiger partial charge in [0.1, 0.15) is 17.4 Å². The van der Waals surface area contributed by atoms with Crippen LogP contribution in [0.2, 0.25) is 0 Å². The van der Waals surface area contributed by atoms with Crippen molar-refractivity contribution in [1.29, 1.82) is 5.26 Å². The summed E-state index contributed by atoms with van der Waals surface area (Å²) in [6.45, 7) is 0. The van der Waals surface area contributed by atoms with Gasteiger partial charge in [0, 0.05) is 12.1 Å². The van der Waals surface area contributed by atoms with Gasteiger partial charge in [-0.25, -0.2) is 0 Å². The van der Waals surface area contributed by atoms with E-state index in [1.165, 1.54) is 25.3 Å². The summed E-state index contributed by atoms with van der Waals surface area (Å²) in [7, 11) is 1.43. The number of nitro groups is 1. The minimum absolute atomic E-state index is 0.00403. The van der Waals surface area contributed by atoms with Gasteiger partial charge in [0.15, 0.2) is 0 Å². The topological polar surface area (TPSA) is 76.2 Å². The second kappa shape index (κ2) is 3.54. The van der Waals surface area contributed by atoms with Gasteiger partial charge >= 0.3 is 0 Å². The van der Waals surface area contributed by atoms with Crippen LogP contribution in [0.25, 0.3) is 0 Å². The van der Waals surface area contributed by atoms with E-state index >= 15 is 0 Å². The lowest BCUT2D eigenvalue weighted by molar-refractivity contribution is -0.385. The maximum atomic E-state index is 10.4. The Balaban J connectivity index is 3.26. The Labute approximate surface area is 74.3 Å². The maximum Gasteiger partial charge on any atom is 0.287 e. The highest BCUT2D eigenvalue weighted by molar-refractivity contribution is 5.51. The van der Waals surface area contributed by atoms with E-state index in [9.17, 15) is 10.1 Å². The van der Waals surface area contributed by atoms with Crippen molar-refractivity contribution in [2.75, 3.05) is 7.11 Å². The fourth-order valence-corrected chi connectivity index (χ4v) is 0.891. The summed E-state index contributed by atoms with van der Waals surface area (Å²) < 4.78 is 4.82. The number of rotatable bonds is 2. The van der Waals surface area contributed by atoms with Crippen LogP contribution >= 0.6 is 0 Å². The average Bonchev–Trinajstić information content (AvgIpc) is 2.16. The highest BCUT2D eigenvalue weighted by Crippen LogP contribution is 2.22. The first kappa shape index (κ1) is 9.00. The predicted octanol–water partition coefficient (Wildman–Crippen LogP) is 1.48. The summed E-state index contributed by atoms with van der Waals surface area (Å²) in [6.07, 6.45) is 0. The van der Waals surface area contributed by atoms with Crippen molar-refractivity contribution >= 4 is 5.69 Å². The van der Waals surface area contributed by atoms with Crippen LogP contribution in [-0.2, 0) is 0 Å². The first-order valence-corrected chi connectivity index (χ1v) is 3.41. The molecule has 0 aromatic heterocycles. The van der Waals surface area contributed by atoms with Crippen LogP contribution in [0.15, 0.2) is 18.2 Å². The van der Waals surface area contributed by atoms with Crippen molar-refractivity contribution in [2.24, 2.45) is 0 Å². The minimum Gasteiger partial charge on any atom is -0.497 e. The Morgan fingerprint density at radius 3 is 2.77 bits per heavy atom. The number of ether oxygens (including phenoxy) is 1. The van der Waals surface area contributed by atoms with Crippen molar-refractivity contribution in [2.45, 2.75) is 0 Å². The summed E-state index contributed by atoms with van der Waals surface area (Å²) in [6, 6.07) is 5.75. The summed E-state index contributed by atoms with van der Waals surface area (Å²) in [5, 5.41) is 19.0. The van der Waals surface area contributed by atoms with E-state index in [2.05, 4.69) is 0 Å². The molecular formula is C8H6N2O3. The van der Waals surface area contributed by atoms with E-state index in [-0.39, 0.29) is 11.3 Å². The molecule has 1 aromatic rings. The first-order chi connectivity index (χ1) is 6.19. The lowest BCUT2D eigenvalue weighted by atomic mass is 10.2. The van der Waals surface area contributed by atoms with E-state index in [0.717, 1.165) is 0 Å². The molecule has 0 heterocycles. The molecule has 0 radical (unpaired) electrons. The summed E-state index contributed by atoms with van der Waals surface area (Å²) >= 11 is 0. The molecule has 0 aliphatic carbocycles. The number of benzene rings is 1. The number of nitrogens with zero attached hydrogens (tertiary/aromatic N) is 2. The van der Waals surface area contributed by atoms with Gasteiger partial charge in [-0.2, -0.15) is 5.26 Å². The normalized spacial score (nSPS) is 8.92. The highest BCUT2D eigenvalue weighted by Gasteiger charge is 2.13. The number of hydrogen-bond acceptors (Lipinski definition) is 4. The zero-order valence-corrected chi connectivity index (χ0v) is 6.85. The fourth-order valence-electron chi connectivity index (χ4n) is 0.891. The Kier molecular flexibility index (Phi) is 2.45. The van der Waals surface area contributed by atoms with Gasteiger partial charge in [0.2, 0.25) is 0 Å². The second-order valence-corrected chi connectivity index (χ2v) is 2.25. The predicted molar refractivity (Wildman–Crippen MR) is 44.4 cm³/mol. The smallest absolute Gasteiger partial charge is 0.287 e. The third-order valence-electron chi connectivity index (χ3n) is 1.52. The van der Waals surface area contributed by atoms with E-state index in [0.29, 0.717) is 5.75 Å². The number of methoxy groups -OCH3 is 1. The average molecular weight is 178 g/mol. The molecule has 5 nitrogen and oxygen atoms in total. The third kappa shape index (κ3) is 1.73. The maximum absolute atomic E-state index is 10.4. The lowest BCUT2D eigenvalue weighted by Gasteiger charge is -1.99. The second-order valence-electron chi connectivity index (χ2n) is 2.25. The van der Waals surface area contributed by atoms with Crippen molar-refractivity contribution in [3.05, 3.63) is 33.9 Å². The van der Waals surface area contributed by atoms with E-state index in [4.69, 9.17) is 10.00 Å². The van der Waals surface area contributed by atoms with Gasteiger partial charge in [-0.3, -0.25) is 10.1 Å². The molecule has 0 saturated carbocycles. The van der Waals surface area contributed by atoms with Crippen LogP contribution in [-0.4, -0.2) is 12.0 Å². The van der Waals surface area contributed by atoms with Crippen molar-refractivity contribution < 1.29 is 9.66 Å². The Morgan fingerprint density at radius 1 is 1.62 bits per heavy atom. The van der Waals surface area contributed by atoms with Crippen LogP contribution in [0, 0.1) is 21.4 Å². The molecule has 0 amide bonds. The largest absolute Gasteiger partial charge is 0.497 e. The van der Waals surface area contributed by atoms with Gasteiger partial charge < -0.3 is 4.74 Å². The van der Waals surface area contributed by atoms with E-state index < -0.39 is 4.92 Å². The first-order valence-electron chi connectivity index (χ1n) is 3.41. The van der Waals surface area contributed by atoms with Gasteiger partial charge in [-0.05, 0) is 6.07 Å². The van der Waals surface area contributed by atoms with Crippen LogP contribution < -0.4 is 4.74 Å². The van der Waals surface area contributed by atoms with Gasteiger partial charge in [0.25, 0.3) is 5.69 Å². The number of nitro benzene ring substituents is 1. The Hall–Kier alpha value is -2.09. The van der Waals surface area contributed by atoms with Crippen LogP contribution in [0.4, 0.5) is 5.69 Å². The van der Waals surface area contributed by atoms with Crippen molar-refractivity contribution in [3.63, 3.8) is 0 Å². The van der Waals surface area contributed by atoms with E-state index in [1.54, 1.807) is 6.07 Å². The molecule has 0 N–H and O–H groups in total. The molecule has 0 spiro atoms. The monoisotopic (exact) mass is 178 g/mol. The molecular weight excluding hydrogens is 172 g/mol. The van der Waals surface area contributed by atoms with Crippen LogP contribution in [0.5, 0.6) is 5.75 Å². The number of nitriles is 1. The zero-order chi connectivity index (χ0) is 9.84. The highest BCUT2D eigenvalue weighted by atomic mass is 16.6. The Morgan fingerprint density at radius 2 is 2.31 bits per heavy atom. The molecule has 66 valence electrons.